The highest BCUT2D eigenvalue weighted by molar-refractivity contribution is 5.80. The molecule has 1 aliphatic heterocycles. The van der Waals surface area contributed by atoms with Gasteiger partial charge in [-0.2, -0.15) is 0 Å². The quantitative estimate of drug-likeness (QED) is 0.450. The number of anilines is 1. The zero-order chi connectivity index (χ0) is 20.2. The molecule has 0 aromatic carbocycles. The smallest absolute Gasteiger partial charge is 0.191 e. The number of hydrogen-bond acceptors (Lipinski definition) is 4. The average Bonchev–Trinajstić information content (AvgIpc) is 3.25. The Kier molecular flexibility index (Phi) is 10.1. The summed E-state index contributed by atoms with van der Waals surface area (Å²) >= 11 is 0. The molecule has 1 aliphatic rings. The number of pyridine rings is 1. The fourth-order valence-electron chi connectivity index (χ4n) is 3.60. The molecule has 1 saturated heterocycles. The van der Waals surface area contributed by atoms with Crippen molar-refractivity contribution in [3.63, 3.8) is 0 Å². The lowest BCUT2D eigenvalue weighted by Gasteiger charge is -2.21. The van der Waals surface area contributed by atoms with Crippen molar-refractivity contribution in [1.29, 1.82) is 0 Å². The average molecular weight is 389 g/mol. The van der Waals surface area contributed by atoms with Crippen molar-refractivity contribution >= 4 is 11.8 Å². The highest BCUT2D eigenvalue weighted by atomic mass is 15.2. The molecule has 0 amide bonds. The van der Waals surface area contributed by atoms with Gasteiger partial charge in [-0.3, -0.25) is 0 Å². The molecule has 2 rings (SSSR count). The molecule has 1 fully saturated rings. The normalized spacial score (nSPS) is 15.9. The van der Waals surface area contributed by atoms with Crippen LogP contribution in [-0.2, 0) is 6.54 Å². The molecular formula is C22H40N6. The van der Waals surface area contributed by atoms with Gasteiger partial charge in [0.05, 0.1) is 6.54 Å². The Bertz CT molecular complexity index is 561. The van der Waals surface area contributed by atoms with Gasteiger partial charge in [0.25, 0.3) is 0 Å². The van der Waals surface area contributed by atoms with Crippen molar-refractivity contribution in [1.82, 2.24) is 20.5 Å². The van der Waals surface area contributed by atoms with Crippen LogP contribution in [0.15, 0.2) is 23.3 Å². The van der Waals surface area contributed by atoms with Gasteiger partial charge >= 0.3 is 0 Å². The number of nitrogens with one attached hydrogen (secondary N) is 2. The van der Waals surface area contributed by atoms with Crippen LogP contribution in [0.4, 0.5) is 5.82 Å². The summed E-state index contributed by atoms with van der Waals surface area (Å²) in [4.78, 5) is 14.2. The third kappa shape index (κ3) is 7.66. The van der Waals surface area contributed by atoms with Crippen LogP contribution < -0.4 is 15.5 Å². The van der Waals surface area contributed by atoms with Gasteiger partial charge in [-0.25, -0.2) is 9.98 Å². The zero-order valence-electron chi connectivity index (χ0n) is 18.4. The molecule has 0 aliphatic carbocycles. The van der Waals surface area contributed by atoms with Crippen LogP contribution in [0.25, 0.3) is 0 Å². The number of guanidine groups is 1. The van der Waals surface area contributed by atoms with E-state index in [0.29, 0.717) is 12.6 Å². The Morgan fingerprint density at radius 2 is 1.96 bits per heavy atom. The number of rotatable bonds is 11. The van der Waals surface area contributed by atoms with Gasteiger partial charge in [-0.15, -0.1) is 0 Å². The molecule has 28 heavy (non-hydrogen) atoms. The first kappa shape index (κ1) is 22.5. The Balaban J connectivity index is 1.81. The Morgan fingerprint density at radius 1 is 1.21 bits per heavy atom. The summed E-state index contributed by atoms with van der Waals surface area (Å²) in [6.45, 7) is 16.0. The van der Waals surface area contributed by atoms with E-state index in [4.69, 9.17) is 4.99 Å². The lowest BCUT2D eigenvalue weighted by atomic mass is 10.2. The van der Waals surface area contributed by atoms with Gasteiger partial charge in [-0.05, 0) is 70.8 Å². The number of nitrogens with zero attached hydrogens (tertiary/aromatic N) is 4. The lowest BCUT2D eigenvalue weighted by molar-refractivity contribution is 0.292. The van der Waals surface area contributed by atoms with Gasteiger partial charge in [0.1, 0.15) is 5.82 Å². The van der Waals surface area contributed by atoms with Crippen molar-refractivity contribution in [2.75, 3.05) is 44.2 Å². The van der Waals surface area contributed by atoms with Crippen molar-refractivity contribution < 1.29 is 0 Å². The van der Waals surface area contributed by atoms with Crippen LogP contribution in [-0.4, -0.2) is 61.2 Å². The van der Waals surface area contributed by atoms with E-state index in [1.54, 1.807) is 0 Å². The van der Waals surface area contributed by atoms with E-state index >= 15 is 0 Å². The van der Waals surface area contributed by atoms with Crippen molar-refractivity contribution in [2.45, 2.75) is 66.0 Å². The van der Waals surface area contributed by atoms with E-state index < -0.39 is 0 Å². The summed E-state index contributed by atoms with van der Waals surface area (Å²) in [5, 5.41) is 6.91. The predicted molar refractivity (Wildman–Crippen MR) is 120 cm³/mol. The third-order valence-corrected chi connectivity index (χ3v) is 5.39. The lowest BCUT2D eigenvalue weighted by Crippen LogP contribution is -2.42. The minimum Gasteiger partial charge on any atom is -0.357 e. The maximum absolute atomic E-state index is 4.76. The minimum atomic E-state index is 0.407. The number of aromatic nitrogens is 1. The van der Waals surface area contributed by atoms with Crippen LogP contribution in [0.3, 0.4) is 0 Å². The highest BCUT2D eigenvalue weighted by Crippen LogP contribution is 2.17. The molecule has 2 N–H and O–H groups in total. The number of aliphatic imine (C=N–C) groups is 1. The first-order chi connectivity index (χ1) is 13.7. The van der Waals surface area contributed by atoms with Gasteiger partial charge < -0.3 is 20.4 Å². The molecule has 158 valence electrons. The molecule has 6 nitrogen and oxygen atoms in total. The second-order valence-electron chi connectivity index (χ2n) is 7.63. The first-order valence-electron chi connectivity index (χ1n) is 11.1. The Hall–Kier alpha value is -1.82. The third-order valence-electron chi connectivity index (χ3n) is 5.39. The molecule has 6 heteroatoms. The van der Waals surface area contributed by atoms with Crippen LogP contribution in [0.1, 0.15) is 58.9 Å². The molecule has 0 saturated carbocycles. The molecule has 2 heterocycles. The van der Waals surface area contributed by atoms with E-state index in [1.807, 2.05) is 6.20 Å². The molecular weight excluding hydrogens is 348 g/mol. The molecule has 1 unspecified atom stereocenters. The maximum atomic E-state index is 4.76. The molecule has 0 bridgehead atoms. The molecule has 0 radical (unpaired) electrons. The van der Waals surface area contributed by atoms with E-state index in [9.17, 15) is 0 Å². The summed E-state index contributed by atoms with van der Waals surface area (Å²) < 4.78 is 0. The fourth-order valence-corrected chi connectivity index (χ4v) is 3.60. The van der Waals surface area contributed by atoms with Crippen molar-refractivity contribution in [3.8, 4) is 0 Å². The number of hydrogen-bond donors (Lipinski definition) is 2. The summed E-state index contributed by atoms with van der Waals surface area (Å²) in [5.74, 6) is 1.98. The van der Waals surface area contributed by atoms with Crippen molar-refractivity contribution in [3.05, 3.63) is 23.9 Å². The second kappa shape index (κ2) is 12.6. The van der Waals surface area contributed by atoms with Gasteiger partial charge in [-0.1, -0.05) is 19.9 Å². The Morgan fingerprint density at radius 3 is 2.57 bits per heavy atom. The van der Waals surface area contributed by atoms with Crippen LogP contribution in [0, 0.1) is 0 Å². The standard InChI is InChI=1S/C22H40N6/c1-5-23-22(26-19(4)11-10-14-27(6-2)7-3)25-18-20-12-13-21(24-17-20)28-15-8-9-16-28/h12-13,17,19H,5-11,14-16,18H2,1-4H3,(H2,23,25,26). The van der Waals surface area contributed by atoms with E-state index in [2.05, 4.69) is 65.2 Å². The second-order valence-corrected chi connectivity index (χ2v) is 7.63. The van der Waals surface area contributed by atoms with Gasteiger partial charge in [0.15, 0.2) is 5.96 Å². The monoisotopic (exact) mass is 388 g/mol. The van der Waals surface area contributed by atoms with Crippen LogP contribution in [0.5, 0.6) is 0 Å². The summed E-state index contributed by atoms with van der Waals surface area (Å²) in [6.07, 6.45) is 6.87. The van der Waals surface area contributed by atoms with Crippen LogP contribution in [0.2, 0.25) is 0 Å². The van der Waals surface area contributed by atoms with E-state index in [1.165, 1.54) is 25.8 Å². The zero-order valence-corrected chi connectivity index (χ0v) is 18.4. The van der Waals surface area contributed by atoms with E-state index in [-0.39, 0.29) is 0 Å². The molecule has 1 aromatic heterocycles. The van der Waals surface area contributed by atoms with E-state index in [0.717, 1.165) is 56.5 Å². The van der Waals surface area contributed by atoms with Crippen LogP contribution >= 0.6 is 0 Å². The molecule has 1 atom stereocenters. The predicted octanol–water partition coefficient (Wildman–Crippen LogP) is 3.25. The van der Waals surface area contributed by atoms with Crippen molar-refractivity contribution in [2.24, 2.45) is 4.99 Å². The fraction of sp³-hybridized carbons (Fsp3) is 0.727. The molecule has 1 aromatic rings. The summed E-state index contributed by atoms with van der Waals surface area (Å²) in [6, 6.07) is 4.69. The minimum absolute atomic E-state index is 0.407. The Labute approximate surface area is 171 Å². The van der Waals surface area contributed by atoms with Gasteiger partial charge in [0.2, 0.25) is 0 Å². The maximum Gasteiger partial charge on any atom is 0.191 e. The topological polar surface area (TPSA) is 55.8 Å². The summed E-state index contributed by atoms with van der Waals surface area (Å²) in [7, 11) is 0. The molecule has 0 spiro atoms. The van der Waals surface area contributed by atoms with Gasteiger partial charge in [0, 0.05) is 31.9 Å². The first-order valence-corrected chi connectivity index (χ1v) is 11.1. The SMILES string of the molecule is CCNC(=NCc1ccc(N2CCCC2)nc1)NC(C)CCCN(CC)CC. The highest BCUT2D eigenvalue weighted by Gasteiger charge is 2.13. The summed E-state index contributed by atoms with van der Waals surface area (Å²) in [5.41, 5.74) is 1.15. The largest absolute Gasteiger partial charge is 0.357 e.